The van der Waals surface area contributed by atoms with Crippen molar-refractivity contribution < 1.29 is 14.3 Å². The first kappa shape index (κ1) is 20.0. The van der Waals surface area contributed by atoms with Gasteiger partial charge in [0.05, 0.1) is 48.1 Å². The fourth-order valence-corrected chi connectivity index (χ4v) is 4.50. The first-order valence-electron chi connectivity index (χ1n) is 10.9. The molecule has 3 aliphatic heterocycles. The number of nitrogens with one attached hydrogen (secondary N) is 2. The van der Waals surface area contributed by atoms with Gasteiger partial charge in [0.1, 0.15) is 0 Å². The van der Waals surface area contributed by atoms with E-state index in [1.807, 2.05) is 24.0 Å². The summed E-state index contributed by atoms with van der Waals surface area (Å²) < 4.78 is 11.2. The lowest BCUT2D eigenvalue weighted by Crippen LogP contribution is -2.42. The SMILES string of the molecule is CC(Nc1ccc2c(c1)/C(=C1\COCCN1)C(=O)N2C1CCOCC1)c1cnccn1. The van der Waals surface area contributed by atoms with Crippen LogP contribution in [0.5, 0.6) is 0 Å². The Labute approximate surface area is 181 Å². The largest absolute Gasteiger partial charge is 0.383 e. The van der Waals surface area contributed by atoms with Crippen molar-refractivity contribution in [3.05, 3.63) is 53.7 Å². The molecule has 31 heavy (non-hydrogen) atoms. The minimum Gasteiger partial charge on any atom is -0.383 e. The molecule has 1 aromatic heterocycles. The van der Waals surface area contributed by atoms with Gasteiger partial charge >= 0.3 is 0 Å². The molecule has 2 saturated heterocycles. The summed E-state index contributed by atoms with van der Waals surface area (Å²) >= 11 is 0. The lowest BCUT2D eigenvalue weighted by molar-refractivity contribution is -0.113. The quantitative estimate of drug-likeness (QED) is 0.734. The third kappa shape index (κ3) is 3.88. The van der Waals surface area contributed by atoms with E-state index in [2.05, 4.69) is 26.7 Å². The second-order valence-corrected chi connectivity index (χ2v) is 8.08. The number of anilines is 2. The second kappa shape index (κ2) is 8.64. The summed E-state index contributed by atoms with van der Waals surface area (Å²) in [5.41, 5.74) is 5.30. The summed E-state index contributed by atoms with van der Waals surface area (Å²) in [4.78, 5) is 24.1. The molecule has 3 aliphatic rings. The van der Waals surface area contributed by atoms with Gasteiger partial charge in [-0.3, -0.25) is 14.8 Å². The molecule has 0 saturated carbocycles. The number of morpholine rings is 1. The summed E-state index contributed by atoms with van der Waals surface area (Å²) in [7, 11) is 0. The minimum atomic E-state index is -0.0114. The number of hydrogen-bond acceptors (Lipinski definition) is 7. The number of carbonyl (C=O) groups is 1. The zero-order chi connectivity index (χ0) is 21.2. The standard InChI is InChI=1S/C23H27N5O3/c1-15(19-13-24-6-7-25-19)27-16-2-3-21-18(12-16)22(20-14-31-11-8-26-20)23(29)28(21)17-4-9-30-10-5-17/h2-3,6-7,12-13,15,17,26-27H,4-5,8-11,14H2,1H3/b22-20-. The van der Waals surface area contributed by atoms with Gasteiger partial charge in [0.25, 0.3) is 5.91 Å². The second-order valence-electron chi connectivity index (χ2n) is 8.08. The number of rotatable bonds is 4. The molecule has 1 aromatic carbocycles. The Morgan fingerprint density at radius 1 is 1.19 bits per heavy atom. The lowest BCUT2D eigenvalue weighted by atomic mass is 10.0. The van der Waals surface area contributed by atoms with Crippen LogP contribution in [0.2, 0.25) is 0 Å². The Morgan fingerprint density at radius 3 is 2.81 bits per heavy atom. The Bertz CT molecular complexity index is 980. The maximum absolute atomic E-state index is 13.6. The van der Waals surface area contributed by atoms with Crippen molar-refractivity contribution in [1.29, 1.82) is 0 Å². The highest BCUT2D eigenvalue weighted by Crippen LogP contribution is 2.42. The predicted molar refractivity (Wildman–Crippen MR) is 118 cm³/mol. The van der Waals surface area contributed by atoms with Gasteiger partial charge in [-0.2, -0.15) is 0 Å². The summed E-state index contributed by atoms with van der Waals surface area (Å²) in [6.07, 6.45) is 6.82. The van der Waals surface area contributed by atoms with E-state index < -0.39 is 0 Å². The van der Waals surface area contributed by atoms with Crippen molar-refractivity contribution in [3.8, 4) is 0 Å². The van der Waals surface area contributed by atoms with Crippen molar-refractivity contribution in [2.24, 2.45) is 0 Å². The number of benzene rings is 1. The molecule has 1 unspecified atom stereocenters. The number of hydrogen-bond donors (Lipinski definition) is 2. The number of aromatic nitrogens is 2. The van der Waals surface area contributed by atoms with Crippen LogP contribution in [0.25, 0.3) is 5.57 Å². The molecule has 1 amide bonds. The van der Waals surface area contributed by atoms with Crippen LogP contribution in [-0.4, -0.2) is 54.9 Å². The monoisotopic (exact) mass is 421 g/mol. The topological polar surface area (TPSA) is 88.6 Å². The number of ether oxygens (including phenoxy) is 2. The molecule has 8 nitrogen and oxygen atoms in total. The van der Waals surface area contributed by atoms with Crippen LogP contribution in [0.15, 0.2) is 42.5 Å². The average Bonchev–Trinajstić information content (AvgIpc) is 3.11. The van der Waals surface area contributed by atoms with Gasteiger partial charge in [0.15, 0.2) is 0 Å². The van der Waals surface area contributed by atoms with Gasteiger partial charge in [-0.15, -0.1) is 0 Å². The Morgan fingerprint density at radius 2 is 2.06 bits per heavy atom. The summed E-state index contributed by atoms with van der Waals surface area (Å²) in [5.74, 6) is 0.0500. The van der Waals surface area contributed by atoms with Crippen LogP contribution in [0.3, 0.4) is 0 Å². The van der Waals surface area contributed by atoms with E-state index in [-0.39, 0.29) is 18.0 Å². The number of amides is 1. The smallest absolute Gasteiger partial charge is 0.261 e. The normalized spacial score (nSPS) is 22.7. The molecule has 8 heteroatoms. The molecule has 2 aromatic rings. The third-order valence-electron chi connectivity index (χ3n) is 6.06. The molecule has 162 valence electrons. The highest BCUT2D eigenvalue weighted by Gasteiger charge is 2.39. The van der Waals surface area contributed by atoms with Crippen LogP contribution in [0.4, 0.5) is 11.4 Å². The van der Waals surface area contributed by atoms with Crippen molar-refractivity contribution >= 4 is 22.9 Å². The Balaban J connectivity index is 1.51. The van der Waals surface area contributed by atoms with Gasteiger partial charge in [-0.05, 0) is 38.0 Å². The number of fused-ring (bicyclic) bond motifs is 1. The van der Waals surface area contributed by atoms with E-state index in [1.54, 1.807) is 18.6 Å². The molecule has 2 N–H and O–H groups in total. The van der Waals surface area contributed by atoms with Gasteiger partial charge < -0.3 is 25.0 Å². The molecule has 0 bridgehead atoms. The van der Waals surface area contributed by atoms with Gasteiger partial charge in [-0.25, -0.2) is 0 Å². The molecule has 0 radical (unpaired) electrons. The van der Waals surface area contributed by atoms with Crippen molar-refractivity contribution in [1.82, 2.24) is 15.3 Å². The predicted octanol–water partition coefficient (Wildman–Crippen LogP) is 2.51. The van der Waals surface area contributed by atoms with Crippen LogP contribution >= 0.6 is 0 Å². The van der Waals surface area contributed by atoms with E-state index in [0.29, 0.717) is 33.0 Å². The van der Waals surface area contributed by atoms with E-state index in [9.17, 15) is 4.79 Å². The maximum atomic E-state index is 13.6. The zero-order valence-electron chi connectivity index (χ0n) is 17.6. The van der Waals surface area contributed by atoms with Crippen molar-refractivity contribution in [2.45, 2.75) is 31.8 Å². The fourth-order valence-electron chi connectivity index (χ4n) is 4.50. The number of carbonyl (C=O) groups excluding carboxylic acids is 1. The first-order valence-corrected chi connectivity index (χ1v) is 10.9. The van der Waals surface area contributed by atoms with Crippen LogP contribution in [0, 0.1) is 0 Å². The molecular formula is C23H27N5O3. The Kier molecular flexibility index (Phi) is 5.57. The molecular weight excluding hydrogens is 394 g/mol. The van der Waals surface area contributed by atoms with Crippen LogP contribution in [0.1, 0.15) is 37.1 Å². The Hall–Kier alpha value is -2.97. The maximum Gasteiger partial charge on any atom is 0.261 e. The molecule has 4 heterocycles. The summed E-state index contributed by atoms with van der Waals surface area (Å²) in [6.45, 7) is 5.21. The molecule has 0 aliphatic carbocycles. The molecule has 0 spiro atoms. The summed E-state index contributed by atoms with van der Waals surface area (Å²) in [6, 6.07) is 6.29. The highest BCUT2D eigenvalue weighted by atomic mass is 16.5. The number of nitrogens with zero attached hydrogens (tertiary/aromatic N) is 3. The van der Waals surface area contributed by atoms with E-state index in [1.165, 1.54) is 0 Å². The first-order chi connectivity index (χ1) is 15.2. The van der Waals surface area contributed by atoms with Gasteiger partial charge in [-0.1, -0.05) is 0 Å². The molecule has 5 rings (SSSR count). The van der Waals surface area contributed by atoms with Gasteiger partial charge in [0.2, 0.25) is 0 Å². The van der Waals surface area contributed by atoms with E-state index >= 15 is 0 Å². The van der Waals surface area contributed by atoms with Crippen LogP contribution < -0.4 is 15.5 Å². The fraction of sp³-hybridized carbons (Fsp3) is 0.435. The molecule has 2 fully saturated rings. The minimum absolute atomic E-state index is 0.0114. The van der Waals surface area contributed by atoms with Crippen LogP contribution in [-0.2, 0) is 14.3 Å². The summed E-state index contributed by atoms with van der Waals surface area (Å²) in [5, 5.41) is 6.88. The van der Waals surface area contributed by atoms with E-state index in [0.717, 1.165) is 46.7 Å². The lowest BCUT2D eigenvalue weighted by Gasteiger charge is -2.31. The third-order valence-corrected chi connectivity index (χ3v) is 6.06. The zero-order valence-corrected chi connectivity index (χ0v) is 17.6. The van der Waals surface area contributed by atoms with Gasteiger partial charge in [0, 0.05) is 49.4 Å². The average molecular weight is 422 g/mol. The molecule has 1 atom stereocenters. The highest BCUT2D eigenvalue weighted by molar-refractivity contribution is 6.33. The van der Waals surface area contributed by atoms with E-state index in [4.69, 9.17) is 9.47 Å². The van der Waals surface area contributed by atoms with Crippen molar-refractivity contribution in [2.75, 3.05) is 43.2 Å². The van der Waals surface area contributed by atoms with Crippen molar-refractivity contribution in [3.63, 3.8) is 0 Å².